The summed E-state index contributed by atoms with van der Waals surface area (Å²) in [5, 5.41) is 7.91. The summed E-state index contributed by atoms with van der Waals surface area (Å²) in [7, 11) is 3.48. The molecule has 0 aliphatic carbocycles. The summed E-state index contributed by atoms with van der Waals surface area (Å²) in [5.74, 6) is 0.578. The molecule has 1 aromatic carbocycles. The van der Waals surface area contributed by atoms with Gasteiger partial charge in [0.1, 0.15) is 12.3 Å². The standard InChI is InChI=1S/C17H19N5O3S/c1-11-7-16(24)22-17(18-11)26-15(20-22)10-21(2)9-14(23)19-12-5-4-6-13(8-12)25-3/h4-8H,9-10H2,1-3H3,(H,19,23)/p+1. The second-order valence-corrected chi connectivity index (χ2v) is 7.06. The lowest BCUT2D eigenvalue weighted by molar-refractivity contribution is -0.885. The number of hydrogen-bond acceptors (Lipinski definition) is 6. The van der Waals surface area contributed by atoms with Crippen molar-refractivity contribution in [2.24, 2.45) is 0 Å². The molecule has 1 unspecified atom stereocenters. The van der Waals surface area contributed by atoms with E-state index in [0.29, 0.717) is 28.6 Å². The molecule has 2 N–H and O–H groups in total. The van der Waals surface area contributed by atoms with E-state index in [9.17, 15) is 9.59 Å². The van der Waals surface area contributed by atoms with Gasteiger partial charge in [0.05, 0.1) is 14.2 Å². The summed E-state index contributed by atoms with van der Waals surface area (Å²) in [5.41, 5.74) is 1.17. The Bertz CT molecular complexity index is 997. The Morgan fingerprint density at radius 1 is 1.38 bits per heavy atom. The maximum Gasteiger partial charge on any atom is 0.279 e. The second kappa shape index (κ2) is 7.63. The lowest BCUT2D eigenvalue weighted by Crippen LogP contribution is -3.08. The molecule has 1 amide bonds. The van der Waals surface area contributed by atoms with Crippen molar-refractivity contribution in [1.82, 2.24) is 14.6 Å². The maximum absolute atomic E-state index is 12.2. The van der Waals surface area contributed by atoms with Gasteiger partial charge in [0, 0.05) is 23.5 Å². The minimum Gasteiger partial charge on any atom is -0.497 e. The highest BCUT2D eigenvalue weighted by atomic mass is 32.1. The maximum atomic E-state index is 12.2. The van der Waals surface area contributed by atoms with Gasteiger partial charge in [0.15, 0.2) is 11.6 Å². The van der Waals surface area contributed by atoms with Crippen LogP contribution in [0.4, 0.5) is 5.69 Å². The van der Waals surface area contributed by atoms with Gasteiger partial charge in [-0.3, -0.25) is 9.59 Å². The number of aryl methyl sites for hydroxylation is 1. The number of amides is 1. The summed E-state index contributed by atoms with van der Waals surface area (Å²) >= 11 is 1.36. The van der Waals surface area contributed by atoms with Crippen LogP contribution in [0.15, 0.2) is 35.1 Å². The number of carbonyl (C=O) groups excluding carboxylic acids is 1. The highest BCUT2D eigenvalue weighted by Gasteiger charge is 2.15. The minimum atomic E-state index is -0.191. The fourth-order valence-corrected chi connectivity index (χ4v) is 3.59. The van der Waals surface area contributed by atoms with Crippen LogP contribution >= 0.6 is 11.3 Å². The van der Waals surface area contributed by atoms with E-state index in [1.807, 2.05) is 25.2 Å². The number of fused-ring (bicyclic) bond motifs is 1. The molecule has 0 bridgehead atoms. The van der Waals surface area contributed by atoms with Crippen LogP contribution < -0.4 is 20.5 Å². The van der Waals surface area contributed by atoms with E-state index < -0.39 is 0 Å². The van der Waals surface area contributed by atoms with E-state index in [4.69, 9.17) is 4.74 Å². The van der Waals surface area contributed by atoms with E-state index in [1.165, 1.54) is 21.9 Å². The van der Waals surface area contributed by atoms with Gasteiger partial charge in [0.2, 0.25) is 4.96 Å². The number of quaternary nitrogens is 1. The first-order valence-electron chi connectivity index (χ1n) is 8.06. The second-order valence-electron chi connectivity index (χ2n) is 6.02. The molecule has 0 spiro atoms. The Morgan fingerprint density at radius 3 is 2.96 bits per heavy atom. The minimum absolute atomic E-state index is 0.108. The van der Waals surface area contributed by atoms with Gasteiger partial charge in [0.25, 0.3) is 11.5 Å². The van der Waals surface area contributed by atoms with Gasteiger partial charge < -0.3 is 15.0 Å². The molecule has 0 aliphatic heterocycles. The summed E-state index contributed by atoms with van der Waals surface area (Å²) in [4.78, 5) is 30.0. The Kier molecular flexibility index (Phi) is 5.29. The molecule has 3 aromatic rings. The molecule has 3 rings (SSSR count). The van der Waals surface area contributed by atoms with Crippen LogP contribution in [-0.2, 0) is 11.3 Å². The fourth-order valence-electron chi connectivity index (χ4n) is 2.53. The molecule has 1 atom stereocenters. The number of methoxy groups -OCH3 is 1. The lowest BCUT2D eigenvalue weighted by Gasteiger charge is -2.12. The summed E-state index contributed by atoms with van der Waals surface area (Å²) in [6.45, 7) is 2.58. The number of likely N-dealkylation sites (N-methyl/N-ethyl adjacent to an activating group) is 1. The highest BCUT2D eigenvalue weighted by Crippen LogP contribution is 2.16. The van der Waals surface area contributed by atoms with Crippen LogP contribution in [0.1, 0.15) is 10.7 Å². The molecule has 0 saturated heterocycles. The monoisotopic (exact) mass is 374 g/mol. The number of aromatic nitrogens is 3. The van der Waals surface area contributed by atoms with Gasteiger partial charge in [-0.1, -0.05) is 17.4 Å². The molecular formula is C17H20N5O3S+. The first-order valence-corrected chi connectivity index (χ1v) is 8.88. The molecular weight excluding hydrogens is 354 g/mol. The van der Waals surface area contributed by atoms with Gasteiger partial charge in [-0.05, 0) is 19.1 Å². The van der Waals surface area contributed by atoms with Crippen LogP contribution in [0.5, 0.6) is 5.75 Å². The number of nitrogens with one attached hydrogen (secondary N) is 2. The van der Waals surface area contributed by atoms with Crippen molar-refractivity contribution >= 4 is 27.9 Å². The molecule has 0 aliphatic rings. The van der Waals surface area contributed by atoms with Gasteiger partial charge >= 0.3 is 0 Å². The average molecular weight is 374 g/mol. The topological polar surface area (TPSA) is 90.0 Å². The van der Waals surface area contributed by atoms with Crippen molar-refractivity contribution in [1.29, 1.82) is 0 Å². The average Bonchev–Trinajstić information content (AvgIpc) is 2.97. The first-order chi connectivity index (χ1) is 12.4. The van der Waals surface area contributed by atoms with Crippen molar-refractivity contribution in [2.75, 3.05) is 26.0 Å². The molecule has 0 fully saturated rings. The van der Waals surface area contributed by atoms with Crippen molar-refractivity contribution in [3.63, 3.8) is 0 Å². The Balaban J connectivity index is 1.63. The Labute approximate surface area is 154 Å². The largest absolute Gasteiger partial charge is 0.497 e. The molecule has 0 radical (unpaired) electrons. The SMILES string of the molecule is COc1cccc(NC(=O)C[NH+](C)Cc2nn3c(=O)cc(C)nc3s2)c1. The number of ether oxygens (including phenoxy) is 1. The number of carbonyl (C=O) groups is 1. The zero-order valence-electron chi connectivity index (χ0n) is 14.8. The zero-order valence-corrected chi connectivity index (χ0v) is 15.6. The third-order valence-corrected chi connectivity index (χ3v) is 4.59. The molecule has 0 saturated carbocycles. The zero-order chi connectivity index (χ0) is 18.7. The van der Waals surface area contributed by atoms with Crippen LogP contribution in [0.3, 0.4) is 0 Å². The summed E-state index contributed by atoms with van der Waals surface area (Å²) < 4.78 is 6.45. The fraction of sp³-hybridized carbons (Fsp3) is 0.294. The molecule has 2 aromatic heterocycles. The number of benzene rings is 1. The predicted molar refractivity (Wildman–Crippen MR) is 99.0 cm³/mol. The van der Waals surface area contributed by atoms with Gasteiger partial charge in [-0.15, -0.1) is 0 Å². The number of nitrogens with zero attached hydrogens (tertiary/aromatic N) is 3. The number of hydrogen-bond donors (Lipinski definition) is 2. The van der Waals surface area contributed by atoms with Crippen LogP contribution in [0.2, 0.25) is 0 Å². The third-order valence-electron chi connectivity index (χ3n) is 3.68. The van der Waals surface area contributed by atoms with E-state index in [0.717, 1.165) is 9.91 Å². The number of anilines is 1. The van der Waals surface area contributed by atoms with Crippen molar-refractivity contribution in [3.8, 4) is 5.75 Å². The van der Waals surface area contributed by atoms with E-state index in [1.54, 1.807) is 20.1 Å². The van der Waals surface area contributed by atoms with Crippen LogP contribution in [0, 0.1) is 6.92 Å². The van der Waals surface area contributed by atoms with Gasteiger partial charge in [-0.2, -0.15) is 9.61 Å². The predicted octanol–water partition coefficient (Wildman–Crippen LogP) is 0.121. The molecule has 2 heterocycles. The number of rotatable bonds is 6. The summed E-state index contributed by atoms with van der Waals surface area (Å²) in [6, 6.07) is 8.66. The first kappa shape index (κ1) is 18.0. The van der Waals surface area contributed by atoms with Crippen molar-refractivity contribution in [2.45, 2.75) is 13.5 Å². The Morgan fingerprint density at radius 2 is 2.19 bits per heavy atom. The molecule has 9 heteroatoms. The third kappa shape index (κ3) is 4.24. The molecule has 26 heavy (non-hydrogen) atoms. The van der Waals surface area contributed by atoms with E-state index >= 15 is 0 Å². The lowest BCUT2D eigenvalue weighted by atomic mass is 10.3. The highest BCUT2D eigenvalue weighted by molar-refractivity contribution is 7.16. The van der Waals surface area contributed by atoms with E-state index in [-0.39, 0.29) is 18.0 Å². The van der Waals surface area contributed by atoms with Crippen molar-refractivity contribution in [3.05, 3.63) is 51.4 Å². The normalized spacial score (nSPS) is 12.1. The smallest absolute Gasteiger partial charge is 0.279 e. The summed E-state index contributed by atoms with van der Waals surface area (Å²) in [6.07, 6.45) is 0. The van der Waals surface area contributed by atoms with Crippen LogP contribution in [0.25, 0.3) is 4.96 Å². The Hall–Kier alpha value is -2.78. The molecule has 136 valence electrons. The van der Waals surface area contributed by atoms with Gasteiger partial charge in [-0.25, -0.2) is 4.98 Å². The molecule has 8 nitrogen and oxygen atoms in total. The van der Waals surface area contributed by atoms with Crippen LogP contribution in [-0.4, -0.2) is 41.2 Å². The van der Waals surface area contributed by atoms with Crippen molar-refractivity contribution < 1.29 is 14.4 Å². The quantitative estimate of drug-likeness (QED) is 0.640. The van der Waals surface area contributed by atoms with E-state index in [2.05, 4.69) is 15.4 Å².